The Morgan fingerprint density at radius 2 is 1.79 bits per heavy atom. The molecule has 0 saturated carbocycles. The first-order valence-electron chi connectivity index (χ1n) is 13.2. The number of aromatic nitrogens is 1. The van der Waals surface area contributed by atoms with Crippen LogP contribution in [0.15, 0.2) is 34.0 Å². The van der Waals surface area contributed by atoms with Crippen LogP contribution in [0.25, 0.3) is 6.08 Å². The molecule has 38 heavy (non-hydrogen) atoms. The summed E-state index contributed by atoms with van der Waals surface area (Å²) in [6.07, 6.45) is 8.58. The van der Waals surface area contributed by atoms with E-state index in [0.717, 1.165) is 30.6 Å². The lowest BCUT2D eigenvalue weighted by molar-refractivity contribution is -0.122. The molecule has 0 spiro atoms. The number of anilines is 1. The molecule has 1 saturated heterocycles. The van der Waals surface area contributed by atoms with Gasteiger partial charge in [0.05, 0.1) is 12.0 Å². The van der Waals surface area contributed by atoms with E-state index in [2.05, 4.69) is 18.3 Å². The number of amides is 1. The molecule has 1 aliphatic heterocycles. The van der Waals surface area contributed by atoms with Crippen LogP contribution in [-0.4, -0.2) is 33.3 Å². The van der Waals surface area contributed by atoms with Crippen molar-refractivity contribution in [2.45, 2.75) is 72.4 Å². The number of nitrogens with one attached hydrogen (secondary N) is 1. The topological polar surface area (TPSA) is 87.4 Å². The van der Waals surface area contributed by atoms with Crippen molar-refractivity contribution in [3.05, 3.63) is 61.8 Å². The maximum Gasteiger partial charge on any atom is 0.270 e. The molecule has 0 unspecified atom stereocenters. The van der Waals surface area contributed by atoms with Gasteiger partial charge in [0, 0.05) is 25.2 Å². The Hall–Kier alpha value is -3.09. The summed E-state index contributed by atoms with van der Waals surface area (Å²) < 4.78 is 7.34. The number of carbonyl (C=O) groups excluding carboxylic acids is 1. The molecule has 0 radical (unpaired) electrons. The van der Waals surface area contributed by atoms with Crippen molar-refractivity contribution in [3.63, 3.8) is 0 Å². The van der Waals surface area contributed by atoms with Gasteiger partial charge in [0.15, 0.2) is 0 Å². The molecule has 1 fully saturated rings. The van der Waals surface area contributed by atoms with Gasteiger partial charge in [-0.2, -0.15) is 5.26 Å². The van der Waals surface area contributed by atoms with Crippen LogP contribution in [0.5, 0.6) is 5.75 Å². The van der Waals surface area contributed by atoms with E-state index < -0.39 is 0 Å². The van der Waals surface area contributed by atoms with E-state index in [1.54, 1.807) is 29.6 Å². The van der Waals surface area contributed by atoms with E-state index in [-0.39, 0.29) is 17.0 Å². The normalized spacial score (nSPS) is 14.3. The predicted molar refractivity (Wildman–Crippen MR) is 159 cm³/mol. The summed E-state index contributed by atoms with van der Waals surface area (Å²) in [5.41, 5.74) is 1.92. The largest absolute Gasteiger partial charge is 0.497 e. The fourth-order valence-corrected chi connectivity index (χ4v) is 5.75. The van der Waals surface area contributed by atoms with Crippen LogP contribution in [0.2, 0.25) is 0 Å². The minimum atomic E-state index is -0.350. The Morgan fingerprint density at radius 1 is 1.11 bits per heavy atom. The van der Waals surface area contributed by atoms with Gasteiger partial charge in [0.2, 0.25) is 0 Å². The molecule has 1 aromatic carbocycles. The number of carbonyl (C=O) groups is 1. The number of pyridine rings is 1. The Kier molecular flexibility index (Phi) is 11.0. The second kappa shape index (κ2) is 14.2. The van der Waals surface area contributed by atoms with E-state index >= 15 is 0 Å². The standard InChI is InChI=1S/C29H36N4O3S2/c1-5-7-8-9-10-11-16-33-28(35)25(38-29(33)37)17-23-20(3)24(18-30)27(34)32(6-2)26(23)31-19-21-12-14-22(36-4)15-13-21/h12-15,17,31H,5-11,16,19H2,1-4H3/b25-17+. The zero-order valence-electron chi connectivity index (χ0n) is 22.6. The van der Waals surface area contributed by atoms with E-state index in [9.17, 15) is 14.9 Å². The summed E-state index contributed by atoms with van der Waals surface area (Å²) in [6.45, 7) is 7.24. The van der Waals surface area contributed by atoms with E-state index in [1.165, 1.54) is 31.0 Å². The van der Waals surface area contributed by atoms with Gasteiger partial charge in [0.1, 0.15) is 27.5 Å². The van der Waals surface area contributed by atoms with Gasteiger partial charge in [-0.15, -0.1) is 0 Å². The maximum absolute atomic E-state index is 13.3. The summed E-state index contributed by atoms with van der Waals surface area (Å²) in [5, 5.41) is 13.1. The molecular weight excluding hydrogens is 516 g/mol. The highest BCUT2D eigenvalue weighted by molar-refractivity contribution is 8.26. The highest BCUT2D eigenvalue weighted by atomic mass is 32.2. The van der Waals surface area contributed by atoms with Gasteiger partial charge < -0.3 is 10.1 Å². The molecule has 1 N–H and O–H groups in total. The molecule has 9 heteroatoms. The number of rotatable bonds is 13. The molecule has 0 aliphatic carbocycles. The Morgan fingerprint density at radius 3 is 2.42 bits per heavy atom. The lowest BCUT2D eigenvalue weighted by atomic mass is 10.0. The van der Waals surface area contributed by atoms with Gasteiger partial charge in [-0.05, 0) is 49.6 Å². The van der Waals surface area contributed by atoms with Crippen molar-refractivity contribution in [1.29, 1.82) is 5.26 Å². The minimum Gasteiger partial charge on any atom is -0.497 e. The van der Waals surface area contributed by atoms with Crippen LogP contribution in [0.4, 0.5) is 5.82 Å². The Labute approximate surface area is 234 Å². The van der Waals surface area contributed by atoms with Crippen molar-refractivity contribution in [2.24, 2.45) is 0 Å². The molecule has 3 rings (SSSR count). The minimum absolute atomic E-state index is 0.0793. The number of thiocarbonyl (C=S) groups is 1. The zero-order valence-corrected chi connectivity index (χ0v) is 24.3. The first-order valence-corrected chi connectivity index (χ1v) is 14.4. The SMILES string of the molecule is CCCCCCCCN1C(=O)/C(=C\c2c(C)c(C#N)c(=O)n(CC)c2NCc2ccc(OC)cc2)SC1=S. The highest BCUT2D eigenvalue weighted by Crippen LogP contribution is 2.35. The van der Waals surface area contributed by atoms with Crippen molar-refractivity contribution >= 4 is 46.1 Å². The highest BCUT2D eigenvalue weighted by Gasteiger charge is 2.32. The monoisotopic (exact) mass is 552 g/mol. The van der Waals surface area contributed by atoms with Gasteiger partial charge in [-0.1, -0.05) is 75.1 Å². The molecule has 1 aliphatic rings. The number of nitriles is 1. The number of hydrogen-bond acceptors (Lipinski definition) is 7. The van der Waals surface area contributed by atoms with Crippen LogP contribution in [-0.2, 0) is 17.9 Å². The lowest BCUT2D eigenvalue weighted by Gasteiger charge is -2.19. The molecule has 7 nitrogen and oxygen atoms in total. The predicted octanol–water partition coefficient (Wildman–Crippen LogP) is 6.23. The van der Waals surface area contributed by atoms with Crippen molar-refractivity contribution < 1.29 is 9.53 Å². The van der Waals surface area contributed by atoms with E-state index in [0.29, 0.717) is 45.8 Å². The van der Waals surface area contributed by atoms with E-state index in [1.807, 2.05) is 31.2 Å². The number of methoxy groups -OCH3 is 1. The average Bonchev–Trinajstić information content (AvgIpc) is 3.19. The zero-order chi connectivity index (χ0) is 27.7. The summed E-state index contributed by atoms with van der Waals surface area (Å²) in [5.74, 6) is 1.21. The summed E-state index contributed by atoms with van der Waals surface area (Å²) in [7, 11) is 1.62. The number of thioether (sulfide) groups is 1. The quantitative estimate of drug-likeness (QED) is 0.179. The van der Waals surface area contributed by atoms with Crippen LogP contribution in [0, 0.1) is 18.3 Å². The van der Waals surface area contributed by atoms with Gasteiger partial charge >= 0.3 is 0 Å². The summed E-state index contributed by atoms with van der Waals surface area (Å²) in [6, 6.07) is 9.72. The van der Waals surface area contributed by atoms with Gasteiger partial charge in [-0.3, -0.25) is 19.1 Å². The van der Waals surface area contributed by atoms with Crippen molar-refractivity contribution in [2.75, 3.05) is 19.0 Å². The lowest BCUT2D eigenvalue weighted by Crippen LogP contribution is -2.29. The number of hydrogen-bond donors (Lipinski definition) is 1. The van der Waals surface area contributed by atoms with Gasteiger partial charge in [-0.25, -0.2) is 0 Å². The third kappa shape index (κ3) is 6.86. The maximum atomic E-state index is 13.3. The molecule has 2 aromatic rings. The third-order valence-corrected chi connectivity index (χ3v) is 8.07. The first kappa shape index (κ1) is 29.5. The second-order valence-corrected chi connectivity index (χ2v) is 10.9. The average molecular weight is 553 g/mol. The van der Waals surface area contributed by atoms with Crippen LogP contribution in [0.3, 0.4) is 0 Å². The smallest absolute Gasteiger partial charge is 0.270 e. The fraction of sp³-hybridized carbons (Fsp3) is 0.448. The summed E-state index contributed by atoms with van der Waals surface area (Å²) in [4.78, 5) is 28.6. The molecule has 0 atom stereocenters. The molecular formula is C29H36N4O3S2. The molecule has 1 aromatic heterocycles. The Balaban J connectivity index is 1.91. The Bertz CT molecular complexity index is 1290. The second-order valence-electron chi connectivity index (χ2n) is 9.23. The van der Waals surface area contributed by atoms with Crippen molar-refractivity contribution in [1.82, 2.24) is 9.47 Å². The third-order valence-electron chi connectivity index (χ3n) is 6.69. The molecule has 0 bridgehead atoms. The van der Waals surface area contributed by atoms with Gasteiger partial charge in [0.25, 0.3) is 11.5 Å². The molecule has 1 amide bonds. The number of ether oxygens (including phenoxy) is 1. The number of nitrogens with zero attached hydrogens (tertiary/aromatic N) is 3. The molecule has 2 heterocycles. The van der Waals surface area contributed by atoms with Crippen LogP contribution in [0.1, 0.15) is 74.6 Å². The van der Waals surface area contributed by atoms with Crippen LogP contribution >= 0.6 is 24.0 Å². The number of unbranched alkanes of at least 4 members (excludes halogenated alkanes) is 5. The summed E-state index contributed by atoms with van der Waals surface area (Å²) >= 11 is 6.82. The van der Waals surface area contributed by atoms with E-state index in [4.69, 9.17) is 17.0 Å². The first-order chi connectivity index (χ1) is 18.4. The molecule has 202 valence electrons. The van der Waals surface area contributed by atoms with Crippen LogP contribution < -0.4 is 15.6 Å². The fourth-order valence-electron chi connectivity index (χ4n) is 4.46. The number of benzene rings is 1. The van der Waals surface area contributed by atoms with Crippen molar-refractivity contribution in [3.8, 4) is 11.8 Å².